The number of hydrogen-bond donors (Lipinski definition) is 2. The molecule has 24 heavy (non-hydrogen) atoms. The van der Waals surface area contributed by atoms with Gasteiger partial charge in [0.15, 0.2) is 5.13 Å². The van der Waals surface area contributed by atoms with Gasteiger partial charge in [0.2, 0.25) is 0 Å². The molecule has 0 bridgehead atoms. The molecule has 0 spiro atoms. The average molecular weight is 341 g/mol. The molecule has 0 unspecified atom stereocenters. The Kier molecular flexibility index (Phi) is 4.61. The monoisotopic (exact) mass is 341 g/mol. The van der Waals surface area contributed by atoms with Crippen LogP contribution in [0.15, 0.2) is 42.6 Å². The second kappa shape index (κ2) is 6.84. The SMILES string of the molecule is CC(C)c1cnc(NC(=O)Nc2cc(-c3ccccc3)nn2C)s1. The van der Waals surface area contributed by atoms with Crippen LogP contribution in [-0.2, 0) is 7.05 Å². The molecule has 0 atom stereocenters. The number of aromatic nitrogens is 3. The Morgan fingerprint density at radius 1 is 1.21 bits per heavy atom. The van der Waals surface area contributed by atoms with Crippen LogP contribution in [0.3, 0.4) is 0 Å². The summed E-state index contributed by atoms with van der Waals surface area (Å²) in [5.74, 6) is 1.01. The highest BCUT2D eigenvalue weighted by Gasteiger charge is 2.12. The molecule has 0 radical (unpaired) electrons. The van der Waals surface area contributed by atoms with E-state index in [0.717, 1.165) is 16.1 Å². The molecule has 3 rings (SSSR count). The predicted molar refractivity (Wildman–Crippen MR) is 97.5 cm³/mol. The van der Waals surface area contributed by atoms with Crippen molar-refractivity contribution in [3.63, 3.8) is 0 Å². The Bertz CT molecular complexity index is 838. The quantitative estimate of drug-likeness (QED) is 0.743. The lowest BCUT2D eigenvalue weighted by molar-refractivity contribution is 0.262. The van der Waals surface area contributed by atoms with Crippen molar-refractivity contribution in [1.82, 2.24) is 14.8 Å². The number of anilines is 2. The zero-order valence-corrected chi connectivity index (χ0v) is 14.6. The van der Waals surface area contributed by atoms with Gasteiger partial charge in [-0.15, -0.1) is 11.3 Å². The molecular weight excluding hydrogens is 322 g/mol. The molecule has 2 amide bonds. The summed E-state index contributed by atoms with van der Waals surface area (Å²) in [4.78, 5) is 17.5. The smallest absolute Gasteiger partial charge is 0.292 e. The molecule has 6 nitrogen and oxygen atoms in total. The van der Waals surface area contributed by atoms with Gasteiger partial charge in [-0.2, -0.15) is 5.10 Å². The average Bonchev–Trinajstić information content (AvgIpc) is 3.16. The lowest BCUT2D eigenvalue weighted by atomic mass is 10.2. The summed E-state index contributed by atoms with van der Waals surface area (Å²) in [7, 11) is 1.79. The van der Waals surface area contributed by atoms with Crippen LogP contribution in [0.5, 0.6) is 0 Å². The molecule has 3 aromatic rings. The van der Waals surface area contributed by atoms with Crippen molar-refractivity contribution in [3.05, 3.63) is 47.5 Å². The van der Waals surface area contributed by atoms with Crippen LogP contribution in [0.1, 0.15) is 24.6 Å². The molecule has 7 heteroatoms. The van der Waals surface area contributed by atoms with E-state index in [1.165, 1.54) is 11.3 Å². The van der Waals surface area contributed by atoms with Gasteiger partial charge in [0.25, 0.3) is 0 Å². The van der Waals surface area contributed by atoms with Crippen molar-refractivity contribution >= 4 is 28.3 Å². The number of aryl methyl sites for hydroxylation is 1. The molecular formula is C17H19N5OS. The van der Waals surface area contributed by atoms with Gasteiger partial charge in [-0.05, 0) is 5.92 Å². The van der Waals surface area contributed by atoms with Gasteiger partial charge in [-0.25, -0.2) is 9.78 Å². The van der Waals surface area contributed by atoms with E-state index in [9.17, 15) is 4.79 Å². The number of thiazole rings is 1. The first-order valence-corrected chi connectivity index (χ1v) is 8.48. The van der Waals surface area contributed by atoms with Crippen molar-refractivity contribution in [3.8, 4) is 11.3 Å². The van der Waals surface area contributed by atoms with Crippen LogP contribution >= 0.6 is 11.3 Å². The van der Waals surface area contributed by atoms with Crippen molar-refractivity contribution in [2.24, 2.45) is 7.05 Å². The fourth-order valence-electron chi connectivity index (χ4n) is 2.19. The molecule has 124 valence electrons. The van der Waals surface area contributed by atoms with E-state index < -0.39 is 0 Å². The highest BCUT2D eigenvalue weighted by atomic mass is 32.1. The second-order valence-electron chi connectivity index (χ2n) is 5.71. The number of rotatable bonds is 4. The fourth-order valence-corrected chi connectivity index (χ4v) is 3.00. The number of urea groups is 1. The van der Waals surface area contributed by atoms with Gasteiger partial charge in [0, 0.05) is 29.8 Å². The Hall–Kier alpha value is -2.67. The zero-order chi connectivity index (χ0) is 17.1. The second-order valence-corrected chi connectivity index (χ2v) is 6.77. The molecule has 0 aliphatic rings. The maximum absolute atomic E-state index is 12.2. The van der Waals surface area contributed by atoms with E-state index in [4.69, 9.17) is 0 Å². The Labute approximate surface area is 144 Å². The number of hydrogen-bond acceptors (Lipinski definition) is 4. The summed E-state index contributed by atoms with van der Waals surface area (Å²) in [5, 5.41) is 10.6. The molecule has 0 saturated heterocycles. The predicted octanol–water partition coefficient (Wildman–Crippen LogP) is 4.31. The number of carbonyl (C=O) groups excluding carboxylic acids is 1. The van der Waals surface area contributed by atoms with Crippen LogP contribution in [0.4, 0.5) is 15.7 Å². The standard InChI is InChI=1S/C17H19N5OS/c1-11(2)14-10-18-17(24-14)20-16(23)19-15-9-13(21-22(15)3)12-7-5-4-6-8-12/h4-11H,1-3H3,(H2,18,19,20,23). The Morgan fingerprint density at radius 2 is 1.96 bits per heavy atom. The number of nitrogens with zero attached hydrogens (tertiary/aromatic N) is 3. The summed E-state index contributed by atoms with van der Waals surface area (Å²) in [6.45, 7) is 4.19. The highest BCUT2D eigenvalue weighted by molar-refractivity contribution is 7.15. The molecule has 1 aromatic carbocycles. The van der Waals surface area contributed by atoms with Crippen LogP contribution in [0.25, 0.3) is 11.3 Å². The minimum Gasteiger partial charge on any atom is -0.292 e. The topological polar surface area (TPSA) is 71.8 Å². The lowest BCUT2D eigenvalue weighted by Gasteiger charge is -2.04. The first kappa shape index (κ1) is 16.2. The van der Waals surface area contributed by atoms with Gasteiger partial charge < -0.3 is 0 Å². The maximum Gasteiger partial charge on any atom is 0.326 e. The maximum atomic E-state index is 12.2. The number of nitrogens with one attached hydrogen (secondary N) is 2. The third kappa shape index (κ3) is 3.62. The van der Waals surface area contributed by atoms with E-state index in [0.29, 0.717) is 16.9 Å². The number of benzene rings is 1. The van der Waals surface area contributed by atoms with Gasteiger partial charge in [-0.1, -0.05) is 44.2 Å². The van der Waals surface area contributed by atoms with Gasteiger partial charge >= 0.3 is 6.03 Å². The van der Waals surface area contributed by atoms with Crippen molar-refractivity contribution in [2.45, 2.75) is 19.8 Å². The van der Waals surface area contributed by atoms with Gasteiger partial charge in [0.05, 0.1) is 5.69 Å². The molecule has 0 fully saturated rings. The normalized spacial score (nSPS) is 10.8. The van der Waals surface area contributed by atoms with E-state index in [1.807, 2.05) is 36.4 Å². The van der Waals surface area contributed by atoms with E-state index in [2.05, 4.69) is 34.6 Å². The van der Waals surface area contributed by atoms with Gasteiger partial charge in [0.1, 0.15) is 5.82 Å². The number of carbonyl (C=O) groups is 1. The summed E-state index contributed by atoms with van der Waals surface area (Å²) >= 11 is 1.48. The molecule has 0 aliphatic carbocycles. The first-order chi connectivity index (χ1) is 11.5. The van der Waals surface area contributed by atoms with E-state index >= 15 is 0 Å². The van der Waals surface area contributed by atoms with Gasteiger partial charge in [-0.3, -0.25) is 15.3 Å². The third-order valence-corrected chi connectivity index (χ3v) is 4.72. The van der Waals surface area contributed by atoms with Crippen LogP contribution in [0, 0.1) is 0 Å². The first-order valence-electron chi connectivity index (χ1n) is 7.66. The summed E-state index contributed by atoms with van der Waals surface area (Å²) in [6, 6.07) is 11.3. The Morgan fingerprint density at radius 3 is 2.62 bits per heavy atom. The number of amides is 2. The van der Waals surface area contributed by atoms with Crippen molar-refractivity contribution in [1.29, 1.82) is 0 Å². The van der Waals surface area contributed by atoms with Crippen molar-refractivity contribution < 1.29 is 4.79 Å². The highest BCUT2D eigenvalue weighted by Crippen LogP contribution is 2.25. The lowest BCUT2D eigenvalue weighted by Crippen LogP contribution is -2.20. The summed E-state index contributed by atoms with van der Waals surface area (Å²) < 4.78 is 1.64. The summed E-state index contributed by atoms with van der Waals surface area (Å²) in [6.07, 6.45) is 1.79. The zero-order valence-electron chi connectivity index (χ0n) is 13.8. The summed E-state index contributed by atoms with van der Waals surface area (Å²) in [5.41, 5.74) is 1.81. The van der Waals surface area contributed by atoms with Crippen LogP contribution < -0.4 is 10.6 Å². The minimum absolute atomic E-state index is 0.331. The molecule has 2 N–H and O–H groups in total. The largest absolute Gasteiger partial charge is 0.326 e. The molecule has 2 aromatic heterocycles. The van der Waals surface area contributed by atoms with Crippen LogP contribution in [0.2, 0.25) is 0 Å². The molecule has 2 heterocycles. The molecule has 0 aliphatic heterocycles. The van der Waals surface area contributed by atoms with E-state index in [1.54, 1.807) is 17.9 Å². The third-order valence-electron chi connectivity index (χ3n) is 3.50. The van der Waals surface area contributed by atoms with Crippen LogP contribution in [-0.4, -0.2) is 20.8 Å². The molecule has 0 saturated carbocycles. The minimum atomic E-state index is -0.331. The fraction of sp³-hybridized carbons (Fsp3) is 0.235. The van der Waals surface area contributed by atoms with Crippen molar-refractivity contribution in [2.75, 3.05) is 10.6 Å². The Balaban J connectivity index is 1.69. The van der Waals surface area contributed by atoms with E-state index in [-0.39, 0.29) is 6.03 Å².